The van der Waals surface area contributed by atoms with E-state index in [1.165, 1.54) is 15.8 Å². The zero-order chi connectivity index (χ0) is 16.5. The highest BCUT2D eigenvalue weighted by molar-refractivity contribution is 6.02. The lowest BCUT2D eigenvalue weighted by atomic mass is 10.2. The van der Waals surface area contributed by atoms with E-state index in [-0.39, 0.29) is 23.1 Å². The van der Waals surface area contributed by atoms with Gasteiger partial charge in [0.1, 0.15) is 5.69 Å². The van der Waals surface area contributed by atoms with Gasteiger partial charge in [-0.2, -0.15) is 5.10 Å². The fraction of sp³-hybridized carbons (Fsp3) is 0.176. The van der Waals surface area contributed by atoms with Gasteiger partial charge in [0.2, 0.25) is 11.9 Å². The van der Waals surface area contributed by atoms with Gasteiger partial charge in [-0.1, -0.05) is 18.2 Å². The molecule has 4 rings (SSSR count). The van der Waals surface area contributed by atoms with Gasteiger partial charge in [0.15, 0.2) is 0 Å². The summed E-state index contributed by atoms with van der Waals surface area (Å²) in [6.45, 7) is 0. The number of aromatic nitrogens is 4. The van der Waals surface area contributed by atoms with E-state index >= 15 is 0 Å². The molecule has 1 fully saturated rings. The Labute approximate surface area is 137 Å². The van der Waals surface area contributed by atoms with Crippen molar-refractivity contribution in [3.05, 3.63) is 65.3 Å². The third-order valence-corrected chi connectivity index (χ3v) is 3.89. The van der Waals surface area contributed by atoms with Crippen LogP contribution in [0.1, 0.15) is 12.8 Å². The Hall–Kier alpha value is -3.22. The maximum atomic E-state index is 12.7. The molecule has 2 heterocycles. The molecule has 1 aliphatic carbocycles. The second kappa shape index (κ2) is 5.77. The molecule has 0 aliphatic heterocycles. The number of carbonyl (C=O) groups excluding carboxylic acids is 1. The predicted molar refractivity (Wildman–Crippen MR) is 88.3 cm³/mol. The molecular formula is C17H15N5O2. The highest BCUT2D eigenvalue weighted by Crippen LogP contribution is 2.35. The van der Waals surface area contributed by atoms with Crippen molar-refractivity contribution in [1.82, 2.24) is 19.7 Å². The summed E-state index contributed by atoms with van der Waals surface area (Å²) in [4.78, 5) is 33.6. The lowest BCUT2D eigenvalue weighted by molar-refractivity contribution is -0.119. The number of nitrogens with zero attached hydrogens (tertiary/aromatic N) is 4. The van der Waals surface area contributed by atoms with Crippen molar-refractivity contribution in [1.29, 1.82) is 0 Å². The summed E-state index contributed by atoms with van der Waals surface area (Å²) in [6.07, 6.45) is 6.42. The van der Waals surface area contributed by atoms with Crippen LogP contribution in [0.5, 0.6) is 0 Å². The first-order valence-electron chi connectivity index (χ1n) is 7.72. The molecule has 120 valence electrons. The smallest absolute Gasteiger partial charge is 0.276 e. The van der Waals surface area contributed by atoms with Crippen molar-refractivity contribution in [3.8, 4) is 5.95 Å². The van der Waals surface area contributed by atoms with Gasteiger partial charge in [0.05, 0.1) is 6.20 Å². The Bertz CT molecular complexity index is 914. The number of aromatic amines is 1. The standard InChI is InChI=1S/C17H15N5O2/c23-15-14(11-18-17(20-15)21-10-4-9-19-21)22(16(24)12-7-8-12)13-5-2-1-3-6-13/h1-6,9-12H,7-8H2,(H,18,20,23). The van der Waals surface area contributed by atoms with Crippen LogP contribution in [0.4, 0.5) is 11.4 Å². The van der Waals surface area contributed by atoms with Crippen molar-refractivity contribution in [2.75, 3.05) is 4.90 Å². The second-order valence-corrected chi connectivity index (χ2v) is 5.66. The van der Waals surface area contributed by atoms with Crippen LogP contribution in [-0.2, 0) is 4.79 Å². The van der Waals surface area contributed by atoms with Gasteiger partial charge in [-0.3, -0.25) is 19.5 Å². The van der Waals surface area contributed by atoms with E-state index < -0.39 is 0 Å². The van der Waals surface area contributed by atoms with Gasteiger partial charge >= 0.3 is 0 Å². The number of H-pyrrole nitrogens is 1. The van der Waals surface area contributed by atoms with Crippen LogP contribution in [0.2, 0.25) is 0 Å². The number of nitrogens with one attached hydrogen (secondary N) is 1. The predicted octanol–water partition coefficient (Wildman–Crippen LogP) is 2.03. The number of benzene rings is 1. The van der Waals surface area contributed by atoms with Crippen molar-refractivity contribution in [2.24, 2.45) is 5.92 Å². The second-order valence-electron chi connectivity index (χ2n) is 5.66. The Morgan fingerprint density at radius 3 is 2.62 bits per heavy atom. The number of rotatable bonds is 4. The Balaban J connectivity index is 1.78. The number of hydrogen-bond donors (Lipinski definition) is 1. The summed E-state index contributed by atoms with van der Waals surface area (Å²) < 4.78 is 1.46. The molecule has 0 bridgehead atoms. The average molecular weight is 321 g/mol. The van der Waals surface area contributed by atoms with Gasteiger partial charge in [-0.05, 0) is 31.0 Å². The third-order valence-electron chi connectivity index (χ3n) is 3.89. The molecule has 1 amide bonds. The summed E-state index contributed by atoms with van der Waals surface area (Å²) in [5.74, 6) is 0.219. The summed E-state index contributed by atoms with van der Waals surface area (Å²) >= 11 is 0. The average Bonchev–Trinajstić information content (AvgIpc) is 3.32. The van der Waals surface area contributed by atoms with Crippen molar-refractivity contribution in [2.45, 2.75) is 12.8 Å². The van der Waals surface area contributed by atoms with E-state index in [1.54, 1.807) is 30.6 Å². The molecule has 0 spiro atoms. The van der Waals surface area contributed by atoms with Crippen LogP contribution in [0.15, 0.2) is 59.8 Å². The van der Waals surface area contributed by atoms with Crippen LogP contribution in [-0.4, -0.2) is 25.7 Å². The van der Waals surface area contributed by atoms with Crippen molar-refractivity contribution >= 4 is 17.3 Å². The van der Waals surface area contributed by atoms with E-state index in [4.69, 9.17) is 0 Å². The number of para-hydroxylation sites is 1. The zero-order valence-electron chi connectivity index (χ0n) is 12.8. The number of amides is 1. The lowest BCUT2D eigenvalue weighted by Gasteiger charge is -2.21. The highest BCUT2D eigenvalue weighted by Gasteiger charge is 2.35. The minimum atomic E-state index is -0.381. The maximum Gasteiger partial charge on any atom is 0.276 e. The van der Waals surface area contributed by atoms with Crippen LogP contribution in [0, 0.1) is 5.92 Å². The van der Waals surface area contributed by atoms with E-state index in [1.807, 2.05) is 18.2 Å². The minimum absolute atomic E-state index is 0.0181. The maximum absolute atomic E-state index is 12.7. The Morgan fingerprint density at radius 1 is 1.21 bits per heavy atom. The van der Waals surface area contributed by atoms with E-state index in [0.29, 0.717) is 11.6 Å². The van der Waals surface area contributed by atoms with Gasteiger partial charge in [0, 0.05) is 24.0 Å². The lowest BCUT2D eigenvalue weighted by Crippen LogP contribution is -2.32. The molecule has 1 N–H and O–H groups in total. The Morgan fingerprint density at radius 2 is 2.00 bits per heavy atom. The van der Waals surface area contributed by atoms with Gasteiger partial charge in [0.25, 0.3) is 5.56 Å². The molecule has 7 heteroatoms. The molecule has 7 nitrogen and oxygen atoms in total. The third kappa shape index (κ3) is 2.60. The van der Waals surface area contributed by atoms with Crippen LogP contribution >= 0.6 is 0 Å². The molecule has 3 aromatic rings. The summed E-state index contributed by atoms with van der Waals surface area (Å²) in [5, 5.41) is 4.04. The molecule has 0 atom stereocenters. The first-order valence-corrected chi connectivity index (χ1v) is 7.72. The molecular weight excluding hydrogens is 306 g/mol. The van der Waals surface area contributed by atoms with E-state index in [2.05, 4.69) is 15.1 Å². The van der Waals surface area contributed by atoms with Gasteiger partial charge in [-0.25, -0.2) is 9.67 Å². The Kier molecular flexibility index (Phi) is 3.45. The first-order chi connectivity index (χ1) is 11.7. The summed E-state index contributed by atoms with van der Waals surface area (Å²) in [7, 11) is 0. The van der Waals surface area contributed by atoms with Crippen LogP contribution in [0.3, 0.4) is 0 Å². The number of hydrogen-bond acceptors (Lipinski definition) is 4. The SMILES string of the molecule is O=C(C1CC1)N(c1ccccc1)c1cnc(-n2cccn2)[nH]c1=O. The molecule has 2 aromatic heterocycles. The van der Waals surface area contributed by atoms with E-state index in [9.17, 15) is 9.59 Å². The summed E-state index contributed by atoms with van der Waals surface area (Å²) in [5.41, 5.74) is 0.496. The molecule has 1 aromatic carbocycles. The normalized spacial score (nSPS) is 13.7. The van der Waals surface area contributed by atoms with E-state index in [0.717, 1.165) is 12.8 Å². The fourth-order valence-corrected chi connectivity index (χ4v) is 2.52. The largest absolute Gasteiger partial charge is 0.289 e. The first kappa shape index (κ1) is 14.4. The van der Waals surface area contributed by atoms with Crippen LogP contribution < -0.4 is 10.5 Å². The molecule has 1 aliphatic rings. The fourth-order valence-electron chi connectivity index (χ4n) is 2.52. The highest BCUT2D eigenvalue weighted by atomic mass is 16.2. The van der Waals surface area contributed by atoms with Gasteiger partial charge in [-0.15, -0.1) is 0 Å². The molecule has 24 heavy (non-hydrogen) atoms. The van der Waals surface area contributed by atoms with Crippen LogP contribution in [0.25, 0.3) is 5.95 Å². The molecule has 0 radical (unpaired) electrons. The molecule has 0 saturated heterocycles. The van der Waals surface area contributed by atoms with Crippen molar-refractivity contribution < 1.29 is 4.79 Å². The number of carbonyl (C=O) groups is 1. The summed E-state index contributed by atoms with van der Waals surface area (Å²) in [6, 6.07) is 10.9. The minimum Gasteiger partial charge on any atom is -0.289 e. The molecule has 1 saturated carbocycles. The quantitative estimate of drug-likeness (QED) is 0.797. The number of anilines is 2. The topological polar surface area (TPSA) is 83.9 Å². The zero-order valence-corrected chi connectivity index (χ0v) is 12.8. The molecule has 0 unspecified atom stereocenters. The van der Waals surface area contributed by atoms with Gasteiger partial charge < -0.3 is 0 Å². The monoisotopic (exact) mass is 321 g/mol. The van der Waals surface area contributed by atoms with Crippen molar-refractivity contribution in [3.63, 3.8) is 0 Å².